The number of aromatic hydroxyl groups is 2. The van der Waals surface area contributed by atoms with E-state index in [1.807, 2.05) is 0 Å². The molecule has 0 bridgehead atoms. The Morgan fingerprint density at radius 2 is 1.81 bits per heavy atom. The Balaban J connectivity index is 2.59. The highest BCUT2D eigenvalue weighted by atomic mass is 16.6. The molecule has 0 aromatic heterocycles. The SMILES string of the molecule is CCOC(=O)c1cc(C(=O)c2cc([N+](=O)[O-])ccc2O)cc(CC)c1O. The second kappa shape index (κ2) is 7.64. The highest BCUT2D eigenvalue weighted by Gasteiger charge is 2.23. The molecule has 2 N–H and O–H groups in total. The molecule has 0 aliphatic rings. The molecule has 2 aromatic rings. The van der Waals surface area contributed by atoms with Crippen molar-refractivity contribution in [1.82, 2.24) is 0 Å². The van der Waals surface area contributed by atoms with E-state index >= 15 is 0 Å². The summed E-state index contributed by atoms with van der Waals surface area (Å²) in [5.74, 6) is -2.22. The number of carbonyl (C=O) groups is 2. The molecule has 0 saturated heterocycles. The number of carbonyl (C=O) groups excluding carboxylic acids is 2. The minimum Gasteiger partial charge on any atom is -0.507 e. The molecule has 8 nitrogen and oxygen atoms in total. The number of phenolic OH excluding ortho intramolecular Hbond substituents is 2. The monoisotopic (exact) mass is 359 g/mol. The lowest BCUT2D eigenvalue weighted by atomic mass is 9.96. The third-order valence-electron chi connectivity index (χ3n) is 3.76. The van der Waals surface area contributed by atoms with Crippen molar-refractivity contribution in [3.63, 3.8) is 0 Å². The standard InChI is InChI=1S/C18H17NO7/c1-3-10-7-11(8-14(16(10)21)18(23)26-4-2)17(22)13-9-12(19(24)25)5-6-15(13)20/h5-9,20-21H,3-4H2,1-2H3. The zero-order chi connectivity index (χ0) is 19.4. The van der Waals surface area contributed by atoms with Gasteiger partial charge in [0.2, 0.25) is 0 Å². The average molecular weight is 359 g/mol. The van der Waals surface area contributed by atoms with Crippen LogP contribution in [-0.4, -0.2) is 33.5 Å². The molecule has 0 amide bonds. The van der Waals surface area contributed by atoms with Gasteiger partial charge in [0.1, 0.15) is 17.1 Å². The maximum atomic E-state index is 12.7. The van der Waals surface area contributed by atoms with E-state index in [0.29, 0.717) is 12.0 Å². The van der Waals surface area contributed by atoms with E-state index in [2.05, 4.69) is 0 Å². The molecular formula is C18H17NO7. The van der Waals surface area contributed by atoms with E-state index in [-0.39, 0.29) is 34.7 Å². The molecule has 0 spiro atoms. The van der Waals surface area contributed by atoms with Crippen LogP contribution in [0, 0.1) is 10.1 Å². The fourth-order valence-electron chi connectivity index (χ4n) is 2.43. The van der Waals surface area contributed by atoms with Gasteiger partial charge >= 0.3 is 5.97 Å². The van der Waals surface area contributed by atoms with Crippen molar-refractivity contribution >= 4 is 17.4 Å². The van der Waals surface area contributed by atoms with Crippen LogP contribution in [0.15, 0.2) is 30.3 Å². The Morgan fingerprint density at radius 1 is 1.12 bits per heavy atom. The number of hydrogen-bond donors (Lipinski definition) is 2. The number of nitrogens with zero attached hydrogens (tertiary/aromatic N) is 1. The third kappa shape index (κ3) is 3.64. The normalized spacial score (nSPS) is 10.4. The maximum Gasteiger partial charge on any atom is 0.341 e. The largest absolute Gasteiger partial charge is 0.507 e. The van der Waals surface area contributed by atoms with E-state index in [4.69, 9.17) is 4.74 Å². The van der Waals surface area contributed by atoms with Gasteiger partial charge in [0, 0.05) is 17.7 Å². The number of aryl methyl sites for hydroxylation is 1. The van der Waals surface area contributed by atoms with E-state index in [1.165, 1.54) is 6.07 Å². The quantitative estimate of drug-likeness (QED) is 0.351. The van der Waals surface area contributed by atoms with Gasteiger partial charge in [0.25, 0.3) is 5.69 Å². The van der Waals surface area contributed by atoms with Crippen molar-refractivity contribution < 1.29 is 29.5 Å². The summed E-state index contributed by atoms with van der Waals surface area (Å²) in [7, 11) is 0. The molecule has 0 fully saturated rings. The number of nitro benzene ring substituents is 1. The van der Waals surface area contributed by atoms with Crippen LogP contribution in [0.25, 0.3) is 0 Å². The lowest BCUT2D eigenvalue weighted by molar-refractivity contribution is -0.384. The van der Waals surface area contributed by atoms with Gasteiger partial charge in [-0.05, 0) is 37.1 Å². The molecule has 0 saturated carbocycles. The number of esters is 1. The van der Waals surface area contributed by atoms with Crippen LogP contribution in [0.1, 0.15) is 45.7 Å². The van der Waals surface area contributed by atoms with Crippen LogP contribution in [-0.2, 0) is 11.2 Å². The first-order valence-corrected chi connectivity index (χ1v) is 7.85. The number of ketones is 1. The first-order chi connectivity index (χ1) is 12.3. The molecule has 0 radical (unpaired) electrons. The molecule has 2 aromatic carbocycles. The van der Waals surface area contributed by atoms with Crippen LogP contribution in [0.3, 0.4) is 0 Å². The Bertz CT molecular complexity index is 889. The number of nitro groups is 1. The summed E-state index contributed by atoms with van der Waals surface area (Å²) >= 11 is 0. The van der Waals surface area contributed by atoms with Crippen molar-refractivity contribution in [3.05, 3.63) is 62.7 Å². The number of phenols is 2. The van der Waals surface area contributed by atoms with Crippen LogP contribution in [0.4, 0.5) is 5.69 Å². The summed E-state index contributed by atoms with van der Waals surface area (Å²) in [6.07, 6.45) is 0.334. The molecule has 0 aliphatic heterocycles. The van der Waals surface area contributed by atoms with E-state index in [1.54, 1.807) is 13.8 Å². The maximum absolute atomic E-state index is 12.7. The fourth-order valence-corrected chi connectivity index (χ4v) is 2.43. The first kappa shape index (κ1) is 18.9. The van der Waals surface area contributed by atoms with Gasteiger partial charge in [-0.15, -0.1) is 0 Å². The number of ether oxygens (including phenoxy) is 1. The number of non-ortho nitro benzene ring substituents is 1. The van der Waals surface area contributed by atoms with Gasteiger partial charge in [-0.3, -0.25) is 14.9 Å². The molecular weight excluding hydrogens is 342 g/mol. The molecule has 0 unspecified atom stereocenters. The molecule has 0 atom stereocenters. The lowest BCUT2D eigenvalue weighted by Crippen LogP contribution is -2.10. The molecule has 8 heteroatoms. The smallest absolute Gasteiger partial charge is 0.341 e. The predicted molar refractivity (Wildman–Crippen MR) is 91.6 cm³/mol. The zero-order valence-electron chi connectivity index (χ0n) is 14.2. The molecule has 0 heterocycles. The van der Waals surface area contributed by atoms with Crippen LogP contribution < -0.4 is 0 Å². The fraction of sp³-hybridized carbons (Fsp3) is 0.222. The van der Waals surface area contributed by atoms with Gasteiger partial charge in [-0.2, -0.15) is 0 Å². The molecule has 26 heavy (non-hydrogen) atoms. The lowest BCUT2D eigenvalue weighted by Gasteiger charge is -2.11. The third-order valence-corrected chi connectivity index (χ3v) is 3.76. The van der Waals surface area contributed by atoms with Gasteiger partial charge in [0.15, 0.2) is 5.78 Å². The van der Waals surface area contributed by atoms with Gasteiger partial charge < -0.3 is 14.9 Å². The Hall–Kier alpha value is -3.42. The van der Waals surface area contributed by atoms with Crippen molar-refractivity contribution in [2.24, 2.45) is 0 Å². The zero-order valence-corrected chi connectivity index (χ0v) is 14.2. The van der Waals surface area contributed by atoms with Gasteiger partial charge in [-0.25, -0.2) is 4.79 Å². The predicted octanol–water partition coefficient (Wildman–Crippen LogP) is 2.98. The second-order valence-electron chi connectivity index (χ2n) is 5.39. The summed E-state index contributed by atoms with van der Waals surface area (Å²) in [6.45, 7) is 3.42. The van der Waals surface area contributed by atoms with E-state index < -0.39 is 22.4 Å². The summed E-state index contributed by atoms with van der Waals surface area (Å²) < 4.78 is 4.87. The highest BCUT2D eigenvalue weighted by molar-refractivity contribution is 6.12. The van der Waals surface area contributed by atoms with Crippen molar-refractivity contribution in [2.45, 2.75) is 20.3 Å². The van der Waals surface area contributed by atoms with Crippen molar-refractivity contribution in [2.75, 3.05) is 6.61 Å². The molecule has 136 valence electrons. The van der Waals surface area contributed by atoms with E-state index in [0.717, 1.165) is 24.3 Å². The number of hydrogen-bond acceptors (Lipinski definition) is 7. The van der Waals surface area contributed by atoms with Gasteiger partial charge in [0.05, 0.1) is 17.1 Å². The highest BCUT2D eigenvalue weighted by Crippen LogP contribution is 2.30. The Morgan fingerprint density at radius 3 is 2.38 bits per heavy atom. The summed E-state index contributed by atoms with van der Waals surface area (Å²) in [5.41, 5.74) is -0.477. The van der Waals surface area contributed by atoms with E-state index in [9.17, 15) is 29.9 Å². The van der Waals surface area contributed by atoms with Crippen LogP contribution in [0.5, 0.6) is 11.5 Å². The summed E-state index contributed by atoms with van der Waals surface area (Å²) in [5, 5.41) is 31.0. The van der Waals surface area contributed by atoms with Crippen molar-refractivity contribution in [3.8, 4) is 11.5 Å². The van der Waals surface area contributed by atoms with Crippen LogP contribution in [0.2, 0.25) is 0 Å². The number of benzene rings is 2. The second-order valence-corrected chi connectivity index (χ2v) is 5.39. The first-order valence-electron chi connectivity index (χ1n) is 7.85. The Labute approximate surface area is 148 Å². The summed E-state index contributed by atoms with van der Waals surface area (Å²) in [4.78, 5) is 35.0. The molecule has 0 aliphatic carbocycles. The summed E-state index contributed by atoms with van der Waals surface area (Å²) in [6, 6.07) is 5.61. The van der Waals surface area contributed by atoms with Crippen LogP contribution >= 0.6 is 0 Å². The van der Waals surface area contributed by atoms with Gasteiger partial charge in [-0.1, -0.05) is 6.92 Å². The number of rotatable bonds is 6. The molecule has 2 rings (SSSR count). The minimum atomic E-state index is -0.794. The average Bonchev–Trinajstić information content (AvgIpc) is 2.61. The van der Waals surface area contributed by atoms with Crippen molar-refractivity contribution in [1.29, 1.82) is 0 Å². The Kier molecular flexibility index (Phi) is 5.56. The topological polar surface area (TPSA) is 127 Å². The minimum absolute atomic E-state index is 0.00139.